The third kappa shape index (κ3) is 5.54. The van der Waals surface area contributed by atoms with Crippen molar-refractivity contribution in [1.82, 2.24) is 4.57 Å². The van der Waals surface area contributed by atoms with Crippen LogP contribution < -0.4 is 9.47 Å². The van der Waals surface area contributed by atoms with Crippen molar-refractivity contribution in [2.24, 2.45) is 0 Å². The van der Waals surface area contributed by atoms with Crippen molar-refractivity contribution in [2.45, 2.75) is 27.2 Å². The maximum atomic E-state index is 12.7. The number of carbonyl (C=O) groups is 2. The van der Waals surface area contributed by atoms with Crippen LogP contribution in [0.2, 0.25) is 0 Å². The van der Waals surface area contributed by atoms with E-state index in [0.29, 0.717) is 11.3 Å². The van der Waals surface area contributed by atoms with E-state index in [1.165, 1.54) is 0 Å². The molecule has 0 N–H and O–H groups in total. The number of ether oxygens (including phenoxy) is 3. The first-order valence-electron chi connectivity index (χ1n) is 10.1. The van der Waals surface area contributed by atoms with Gasteiger partial charge in [-0.05, 0) is 63.2 Å². The van der Waals surface area contributed by atoms with Crippen LogP contribution in [-0.4, -0.2) is 36.6 Å². The molecule has 31 heavy (non-hydrogen) atoms. The molecule has 0 radical (unpaired) electrons. The minimum absolute atomic E-state index is 0.0754. The molecule has 0 saturated heterocycles. The largest absolute Gasteiger partial charge is 0.497 e. The number of aryl methyl sites for hydroxylation is 2. The Labute approximate surface area is 182 Å². The first kappa shape index (κ1) is 22.2. The van der Waals surface area contributed by atoms with E-state index in [1.807, 2.05) is 79.9 Å². The van der Waals surface area contributed by atoms with Crippen molar-refractivity contribution in [3.8, 4) is 17.2 Å². The van der Waals surface area contributed by atoms with Crippen molar-refractivity contribution in [2.75, 3.05) is 20.3 Å². The van der Waals surface area contributed by atoms with Gasteiger partial charge in [-0.2, -0.15) is 0 Å². The molecule has 3 rings (SSSR count). The molecule has 0 spiro atoms. The van der Waals surface area contributed by atoms with E-state index in [0.717, 1.165) is 28.4 Å². The van der Waals surface area contributed by atoms with Gasteiger partial charge in [-0.15, -0.1) is 0 Å². The summed E-state index contributed by atoms with van der Waals surface area (Å²) in [4.78, 5) is 24.6. The summed E-state index contributed by atoms with van der Waals surface area (Å²) >= 11 is 0. The fourth-order valence-corrected chi connectivity index (χ4v) is 3.36. The van der Waals surface area contributed by atoms with Crippen molar-refractivity contribution >= 4 is 11.8 Å². The molecule has 1 aromatic heterocycles. The first-order chi connectivity index (χ1) is 14.9. The predicted molar refractivity (Wildman–Crippen MR) is 118 cm³/mol. The smallest absolute Gasteiger partial charge is 0.309 e. The number of nitrogens with zero attached hydrogens (tertiary/aromatic N) is 1. The summed E-state index contributed by atoms with van der Waals surface area (Å²) in [6, 6.07) is 17.0. The van der Waals surface area contributed by atoms with Gasteiger partial charge >= 0.3 is 5.97 Å². The average molecular weight is 421 g/mol. The fraction of sp³-hybridized carbons (Fsp3) is 0.280. The summed E-state index contributed by atoms with van der Waals surface area (Å²) in [6.45, 7) is 5.70. The van der Waals surface area contributed by atoms with Gasteiger partial charge in [0.05, 0.1) is 20.1 Å². The van der Waals surface area contributed by atoms with Crippen LogP contribution in [-0.2, 0) is 9.53 Å². The highest BCUT2D eigenvalue weighted by Crippen LogP contribution is 2.23. The Morgan fingerprint density at radius 1 is 0.903 bits per heavy atom. The molecular formula is C25H27NO5. The fourth-order valence-electron chi connectivity index (χ4n) is 3.36. The Morgan fingerprint density at radius 3 is 2.19 bits per heavy atom. The molecule has 0 aliphatic carbocycles. The molecule has 0 amide bonds. The molecule has 0 aliphatic heterocycles. The zero-order valence-corrected chi connectivity index (χ0v) is 18.3. The van der Waals surface area contributed by atoms with Gasteiger partial charge in [0.1, 0.15) is 11.5 Å². The second-order valence-electron chi connectivity index (χ2n) is 7.31. The second kappa shape index (κ2) is 9.98. The molecule has 0 atom stereocenters. The number of benzene rings is 2. The molecule has 0 fully saturated rings. The Kier molecular flexibility index (Phi) is 7.13. The molecule has 1 heterocycles. The van der Waals surface area contributed by atoms with Crippen LogP contribution in [0.3, 0.4) is 0 Å². The standard InChI is InChI=1S/C25H27NO5/c1-17-5-9-22(10-6-17)30-14-13-25(28)31-16-24(27)23-15-18(2)26(19(23)3)20-7-11-21(29-4)12-8-20/h5-12,15H,13-14,16H2,1-4H3. The van der Waals surface area contributed by atoms with E-state index in [4.69, 9.17) is 14.2 Å². The zero-order chi connectivity index (χ0) is 22.4. The van der Waals surface area contributed by atoms with Gasteiger partial charge in [-0.1, -0.05) is 17.7 Å². The maximum absolute atomic E-state index is 12.7. The van der Waals surface area contributed by atoms with Gasteiger partial charge in [0.25, 0.3) is 0 Å². The van der Waals surface area contributed by atoms with Crippen LogP contribution in [0.15, 0.2) is 54.6 Å². The number of Topliss-reactive ketones (excluding diaryl/α,β-unsaturated/α-hetero) is 1. The number of ketones is 1. The molecule has 3 aromatic rings. The lowest BCUT2D eigenvalue weighted by molar-refractivity contribution is -0.143. The van der Waals surface area contributed by atoms with E-state index in [-0.39, 0.29) is 25.4 Å². The van der Waals surface area contributed by atoms with Crippen molar-refractivity contribution in [3.05, 3.63) is 77.1 Å². The normalized spacial score (nSPS) is 10.6. The number of aromatic nitrogens is 1. The number of methoxy groups -OCH3 is 1. The minimum atomic E-state index is -0.468. The summed E-state index contributed by atoms with van der Waals surface area (Å²) in [7, 11) is 1.62. The molecule has 0 saturated carbocycles. The highest BCUT2D eigenvalue weighted by molar-refractivity contribution is 5.99. The number of hydrogen-bond acceptors (Lipinski definition) is 5. The van der Waals surface area contributed by atoms with Gasteiger partial charge in [0.2, 0.25) is 5.78 Å². The Balaban J connectivity index is 1.55. The maximum Gasteiger partial charge on any atom is 0.309 e. The topological polar surface area (TPSA) is 66.8 Å². The molecule has 0 bridgehead atoms. The van der Waals surface area contributed by atoms with Gasteiger partial charge in [0, 0.05) is 22.6 Å². The van der Waals surface area contributed by atoms with Crippen LogP contribution >= 0.6 is 0 Å². The van der Waals surface area contributed by atoms with Gasteiger partial charge in [0.15, 0.2) is 6.61 Å². The minimum Gasteiger partial charge on any atom is -0.497 e. The summed E-state index contributed by atoms with van der Waals surface area (Å²) in [5.74, 6) is 0.756. The van der Waals surface area contributed by atoms with Crippen LogP contribution in [0.4, 0.5) is 0 Å². The van der Waals surface area contributed by atoms with Crippen LogP contribution in [0.25, 0.3) is 5.69 Å². The SMILES string of the molecule is COc1ccc(-n2c(C)cc(C(=O)COC(=O)CCOc3ccc(C)cc3)c2C)cc1. The third-order valence-corrected chi connectivity index (χ3v) is 5.02. The third-order valence-electron chi connectivity index (χ3n) is 5.02. The van der Waals surface area contributed by atoms with Gasteiger partial charge in [-0.3, -0.25) is 9.59 Å². The summed E-state index contributed by atoms with van der Waals surface area (Å²) in [5.41, 5.74) is 4.32. The zero-order valence-electron chi connectivity index (χ0n) is 18.3. The van der Waals surface area contributed by atoms with Crippen LogP contribution in [0, 0.1) is 20.8 Å². The second-order valence-corrected chi connectivity index (χ2v) is 7.31. The molecule has 2 aromatic carbocycles. The molecule has 0 unspecified atom stereocenters. The lowest BCUT2D eigenvalue weighted by Crippen LogP contribution is -2.16. The number of esters is 1. The van der Waals surface area contributed by atoms with E-state index in [9.17, 15) is 9.59 Å². The lowest BCUT2D eigenvalue weighted by Gasteiger charge is -2.11. The quantitative estimate of drug-likeness (QED) is 0.373. The Morgan fingerprint density at radius 2 is 1.55 bits per heavy atom. The van der Waals surface area contributed by atoms with Crippen LogP contribution in [0.5, 0.6) is 11.5 Å². The summed E-state index contributed by atoms with van der Waals surface area (Å²) in [5, 5.41) is 0. The van der Waals surface area contributed by atoms with E-state index < -0.39 is 5.97 Å². The van der Waals surface area contributed by atoms with E-state index in [2.05, 4.69) is 0 Å². The average Bonchev–Trinajstić information content (AvgIpc) is 3.07. The number of carbonyl (C=O) groups excluding carboxylic acids is 2. The highest BCUT2D eigenvalue weighted by Gasteiger charge is 2.18. The van der Waals surface area contributed by atoms with Crippen molar-refractivity contribution in [3.63, 3.8) is 0 Å². The molecule has 6 nitrogen and oxygen atoms in total. The van der Waals surface area contributed by atoms with E-state index >= 15 is 0 Å². The first-order valence-corrected chi connectivity index (χ1v) is 10.1. The van der Waals surface area contributed by atoms with Gasteiger partial charge < -0.3 is 18.8 Å². The number of rotatable bonds is 9. The molecule has 0 aliphatic rings. The van der Waals surface area contributed by atoms with Crippen molar-refractivity contribution in [1.29, 1.82) is 0 Å². The predicted octanol–water partition coefficient (Wildman–Crippen LogP) is 4.61. The molecule has 6 heteroatoms. The van der Waals surface area contributed by atoms with E-state index in [1.54, 1.807) is 7.11 Å². The highest BCUT2D eigenvalue weighted by atomic mass is 16.5. The monoisotopic (exact) mass is 421 g/mol. The molecular weight excluding hydrogens is 394 g/mol. The Bertz CT molecular complexity index is 1050. The summed E-state index contributed by atoms with van der Waals surface area (Å²) < 4.78 is 17.9. The Hall–Kier alpha value is -3.54. The molecule has 162 valence electrons. The number of hydrogen-bond donors (Lipinski definition) is 0. The van der Waals surface area contributed by atoms with Gasteiger partial charge in [-0.25, -0.2) is 0 Å². The van der Waals surface area contributed by atoms with Crippen LogP contribution in [0.1, 0.15) is 33.7 Å². The lowest BCUT2D eigenvalue weighted by atomic mass is 10.1. The van der Waals surface area contributed by atoms with Crippen molar-refractivity contribution < 1.29 is 23.8 Å². The summed E-state index contributed by atoms with van der Waals surface area (Å²) in [6.07, 6.45) is 0.0754.